The van der Waals surface area contributed by atoms with Crippen LogP contribution in [0.2, 0.25) is 5.02 Å². The molecule has 0 saturated heterocycles. The van der Waals surface area contributed by atoms with Crippen LogP contribution in [0.5, 0.6) is 0 Å². The molecule has 2 N–H and O–H groups in total. The summed E-state index contributed by atoms with van der Waals surface area (Å²) in [5, 5.41) is 9.57. The lowest BCUT2D eigenvalue weighted by molar-refractivity contribution is -0.116. The molecule has 1 aromatic carbocycles. The maximum absolute atomic E-state index is 12.6. The summed E-state index contributed by atoms with van der Waals surface area (Å²) in [6, 6.07) is 6.46. The van der Waals surface area contributed by atoms with E-state index in [0.717, 1.165) is 12.0 Å². The molecule has 0 aliphatic rings. The van der Waals surface area contributed by atoms with Crippen molar-refractivity contribution in [1.29, 1.82) is 0 Å². The summed E-state index contributed by atoms with van der Waals surface area (Å²) in [7, 11) is 0. The fourth-order valence-electron chi connectivity index (χ4n) is 2.17. The number of amides is 3. The van der Waals surface area contributed by atoms with E-state index >= 15 is 0 Å². The minimum Gasteiger partial charge on any atom is -0.363 e. The molecule has 0 saturated carbocycles. The number of hydrogen-bond acceptors (Lipinski definition) is 4. The third-order valence-electron chi connectivity index (χ3n) is 3.73. The van der Waals surface area contributed by atoms with Gasteiger partial charge in [-0.25, -0.2) is 4.79 Å². The van der Waals surface area contributed by atoms with Crippen LogP contribution in [0.15, 0.2) is 35.1 Å². The molecule has 0 bridgehead atoms. The lowest BCUT2D eigenvalue weighted by atomic mass is 10.1. The molecule has 0 unspecified atom stereocenters. The number of carbonyl (C=O) groups is 2. The van der Waals surface area contributed by atoms with E-state index < -0.39 is 0 Å². The first-order valence-electron chi connectivity index (χ1n) is 8.37. The highest BCUT2D eigenvalue weighted by Crippen LogP contribution is 2.20. The molecule has 1 heterocycles. The number of halogens is 1. The van der Waals surface area contributed by atoms with Crippen molar-refractivity contribution in [2.45, 2.75) is 27.2 Å². The van der Waals surface area contributed by atoms with Crippen molar-refractivity contribution in [3.63, 3.8) is 0 Å². The molecular formula is C18H23ClN4O3. The van der Waals surface area contributed by atoms with Crippen molar-refractivity contribution < 1.29 is 14.1 Å². The van der Waals surface area contributed by atoms with Gasteiger partial charge >= 0.3 is 6.03 Å². The summed E-state index contributed by atoms with van der Waals surface area (Å²) in [6.07, 6.45) is 2.14. The first kappa shape index (κ1) is 19.8. The van der Waals surface area contributed by atoms with Gasteiger partial charge < -0.3 is 20.1 Å². The number of carbonyl (C=O) groups excluding carboxylic acids is 2. The van der Waals surface area contributed by atoms with E-state index in [2.05, 4.69) is 34.2 Å². The molecule has 3 amide bonds. The van der Waals surface area contributed by atoms with Crippen LogP contribution in [0.4, 0.5) is 16.3 Å². The van der Waals surface area contributed by atoms with Gasteiger partial charge in [0.2, 0.25) is 5.91 Å². The summed E-state index contributed by atoms with van der Waals surface area (Å²) < 4.78 is 4.68. The first-order chi connectivity index (χ1) is 12.3. The zero-order valence-corrected chi connectivity index (χ0v) is 15.8. The van der Waals surface area contributed by atoms with Crippen molar-refractivity contribution in [2.75, 3.05) is 23.7 Å². The van der Waals surface area contributed by atoms with Gasteiger partial charge in [0.05, 0.1) is 0 Å². The van der Waals surface area contributed by atoms with Gasteiger partial charge in [0, 0.05) is 23.3 Å². The molecular weight excluding hydrogens is 356 g/mol. The Bertz CT molecular complexity index is 747. The number of rotatable bonds is 7. The molecule has 0 radical (unpaired) electrons. The zero-order valence-electron chi connectivity index (χ0n) is 15.1. The standard InChI is InChI=1S/C18H23ClN4O3/c1-12(2)6-8-23(11-17(24)21-16-7-9-26-22-16)18(25)20-14-5-4-13(3)15(19)10-14/h4-5,7,9-10,12H,6,8,11H2,1-3H3,(H,20,25)(H,21,22,24). The largest absolute Gasteiger partial charge is 0.363 e. The number of urea groups is 1. The van der Waals surface area contributed by atoms with Crippen LogP contribution >= 0.6 is 11.6 Å². The predicted molar refractivity (Wildman–Crippen MR) is 101 cm³/mol. The Labute approximate surface area is 157 Å². The summed E-state index contributed by atoms with van der Waals surface area (Å²) in [5.74, 6) is 0.363. The third-order valence-corrected chi connectivity index (χ3v) is 4.13. The van der Waals surface area contributed by atoms with E-state index in [1.54, 1.807) is 12.1 Å². The Balaban J connectivity index is 2.02. The molecule has 0 spiro atoms. The number of aromatic nitrogens is 1. The number of hydrogen-bond donors (Lipinski definition) is 2. The van der Waals surface area contributed by atoms with Crippen LogP contribution in [0.1, 0.15) is 25.8 Å². The molecule has 0 aliphatic heterocycles. The monoisotopic (exact) mass is 378 g/mol. The van der Waals surface area contributed by atoms with Gasteiger partial charge in [-0.15, -0.1) is 0 Å². The van der Waals surface area contributed by atoms with Crippen LogP contribution in [0.3, 0.4) is 0 Å². The van der Waals surface area contributed by atoms with E-state index in [4.69, 9.17) is 11.6 Å². The maximum Gasteiger partial charge on any atom is 0.322 e. The average molecular weight is 379 g/mol. The molecule has 0 aliphatic carbocycles. The highest BCUT2D eigenvalue weighted by Gasteiger charge is 2.18. The van der Waals surface area contributed by atoms with E-state index in [1.807, 2.05) is 13.0 Å². The highest BCUT2D eigenvalue weighted by atomic mass is 35.5. The number of nitrogens with one attached hydrogen (secondary N) is 2. The number of benzene rings is 1. The van der Waals surface area contributed by atoms with Gasteiger partial charge in [0.15, 0.2) is 5.82 Å². The van der Waals surface area contributed by atoms with Crippen molar-refractivity contribution in [1.82, 2.24) is 10.1 Å². The molecule has 140 valence electrons. The fourth-order valence-corrected chi connectivity index (χ4v) is 2.35. The van der Waals surface area contributed by atoms with Crippen LogP contribution in [-0.2, 0) is 4.79 Å². The first-order valence-corrected chi connectivity index (χ1v) is 8.75. The van der Waals surface area contributed by atoms with E-state index in [-0.39, 0.29) is 18.5 Å². The molecule has 0 atom stereocenters. The van der Waals surface area contributed by atoms with E-state index in [0.29, 0.717) is 29.0 Å². The quantitative estimate of drug-likeness (QED) is 0.757. The molecule has 1 aromatic heterocycles. The Morgan fingerprint density at radius 3 is 2.65 bits per heavy atom. The van der Waals surface area contributed by atoms with Gasteiger partial charge in [-0.3, -0.25) is 4.79 Å². The Hall–Kier alpha value is -2.54. The van der Waals surface area contributed by atoms with Crippen molar-refractivity contribution in [3.8, 4) is 0 Å². The summed E-state index contributed by atoms with van der Waals surface area (Å²) >= 11 is 6.10. The summed E-state index contributed by atoms with van der Waals surface area (Å²) in [5.41, 5.74) is 1.50. The predicted octanol–water partition coefficient (Wildman–Crippen LogP) is 4.16. The molecule has 7 nitrogen and oxygen atoms in total. The van der Waals surface area contributed by atoms with Gasteiger partial charge in [-0.2, -0.15) is 0 Å². The lowest BCUT2D eigenvalue weighted by Crippen LogP contribution is -2.41. The Morgan fingerprint density at radius 1 is 1.27 bits per heavy atom. The van der Waals surface area contributed by atoms with Crippen LogP contribution < -0.4 is 10.6 Å². The second-order valence-electron chi connectivity index (χ2n) is 6.43. The zero-order chi connectivity index (χ0) is 19.1. The SMILES string of the molecule is Cc1ccc(NC(=O)N(CCC(C)C)CC(=O)Nc2ccon2)cc1Cl. The number of anilines is 2. The van der Waals surface area contributed by atoms with E-state index in [9.17, 15) is 9.59 Å². The van der Waals surface area contributed by atoms with Crippen molar-refractivity contribution >= 4 is 35.0 Å². The second kappa shape index (κ2) is 9.24. The smallest absolute Gasteiger partial charge is 0.322 e. The topological polar surface area (TPSA) is 87.5 Å². The van der Waals surface area contributed by atoms with Crippen LogP contribution in [0, 0.1) is 12.8 Å². The molecule has 2 aromatic rings. The van der Waals surface area contributed by atoms with Crippen LogP contribution in [0.25, 0.3) is 0 Å². The Kier molecular flexibility index (Phi) is 7.03. The normalized spacial score (nSPS) is 10.7. The van der Waals surface area contributed by atoms with E-state index in [1.165, 1.54) is 17.2 Å². The summed E-state index contributed by atoms with van der Waals surface area (Å²) in [6.45, 7) is 6.37. The van der Waals surface area contributed by atoms with Gasteiger partial charge in [0.1, 0.15) is 12.8 Å². The second-order valence-corrected chi connectivity index (χ2v) is 6.84. The molecule has 0 fully saturated rings. The Morgan fingerprint density at radius 2 is 2.04 bits per heavy atom. The van der Waals surface area contributed by atoms with Crippen molar-refractivity contribution in [2.24, 2.45) is 5.92 Å². The average Bonchev–Trinajstić information content (AvgIpc) is 3.07. The number of aryl methyl sites for hydroxylation is 1. The third kappa shape index (κ3) is 6.07. The van der Waals surface area contributed by atoms with Gasteiger partial charge in [-0.05, 0) is 37.0 Å². The van der Waals surface area contributed by atoms with Crippen molar-refractivity contribution in [3.05, 3.63) is 41.1 Å². The minimum absolute atomic E-state index is 0.0923. The molecule has 2 rings (SSSR count). The minimum atomic E-state index is -0.360. The highest BCUT2D eigenvalue weighted by molar-refractivity contribution is 6.31. The molecule has 26 heavy (non-hydrogen) atoms. The van der Waals surface area contributed by atoms with Gasteiger partial charge in [-0.1, -0.05) is 36.7 Å². The maximum atomic E-state index is 12.6. The molecule has 8 heteroatoms. The van der Waals surface area contributed by atoms with Gasteiger partial charge in [0.25, 0.3) is 0 Å². The lowest BCUT2D eigenvalue weighted by Gasteiger charge is -2.23. The van der Waals surface area contributed by atoms with Crippen LogP contribution in [-0.4, -0.2) is 35.1 Å². The summed E-state index contributed by atoms with van der Waals surface area (Å²) in [4.78, 5) is 26.3. The number of nitrogens with zero attached hydrogens (tertiary/aromatic N) is 2. The fraction of sp³-hybridized carbons (Fsp3) is 0.389.